The van der Waals surface area contributed by atoms with Crippen molar-refractivity contribution in [1.82, 2.24) is 4.57 Å². The van der Waals surface area contributed by atoms with Crippen LogP contribution >= 0.6 is 11.3 Å². The quantitative estimate of drug-likeness (QED) is 0.722. The Labute approximate surface area is 154 Å². The fourth-order valence-electron chi connectivity index (χ4n) is 2.97. The molecule has 5 heteroatoms. The molecule has 1 N–H and O–H groups in total. The number of benzene rings is 2. The van der Waals surface area contributed by atoms with E-state index in [2.05, 4.69) is 0 Å². The number of aromatic nitrogens is 1. The maximum absolute atomic E-state index is 12.3. The van der Waals surface area contributed by atoms with Crippen LogP contribution in [-0.4, -0.2) is 15.5 Å². The molecule has 1 aliphatic rings. The van der Waals surface area contributed by atoms with Gasteiger partial charge in [0.1, 0.15) is 0 Å². The van der Waals surface area contributed by atoms with Gasteiger partial charge in [-0.3, -0.25) is 14.2 Å². The number of carbonyl (C=O) groups excluding carboxylic acids is 1. The third kappa shape index (κ3) is 2.93. The monoisotopic (exact) mass is 361 g/mol. The number of carbonyl (C=O) groups is 1. The lowest BCUT2D eigenvalue weighted by Gasteiger charge is -2.12. The normalized spacial score (nSPS) is 14.6. The zero-order valence-corrected chi connectivity index (χ0v) is 14.6. The molecule has 26 heavy (non-hydrogen) atoms. The number of ketones is 1. The van der Waals surface area contributed by atoms with Crippen molar-refractivity contribution < 1.29 is 9.90 Å². The van der Waals surface area contributed by atoms with Crippen LogP contribution in [0.4, 0.5) is 0 Å². The van der Waals surface area contributed by atoms with Gasteiger partial charge in [-0.05, 0) is 28.8 Å². The Morgan fingerprint density at radius 1 is 0.962 bits per heavy atom. The van der Waals surface area contributed by atoms with Gasteiger partial charge in [0, 0.05) is 5.57 Å². The summed E-state index contributed by atoms with van der Waals surface area (Å²) in [5, 5.41) is 10.5. The lowest BCUT2D eigenvalue weighted by atomic mass is 9.91. The van der Waals surface area contributed by atoms with E-state index in [0.29, 0.717) is 10.5 Å². The van der Waals surface area contributed by atoms with E-state index in [-0.39, 0.29) is 23.1 Å². The third-order valence-electron chi connectivity index (χ3n) is 4.28. The number of nitrogens with zero attached hydrogens (tertiary/aromatic N) is 1. The SMILES string of the molecule is O=C1C=Cc2ccccc2/C1=C/c1sc(=O)n(Cc2ccccc2)c1O. The fourth-order valence-corrected chi connectivity index (χ4v) is 3.80. The van der Waals surface area contributed by atoms with Crippen LogP contribution in [0.2, 0.25) is 0 Å². The molecule has 1 aliphatic carbocycles. The number of aromatic hydroxyl groups is 1. The van der Waals surface area contributed by atoms with Gasteiger partial charge in [-0.25, -0.2) is 0 Å². The van der Waals surface area contributed by atoms with Crippen molar-refractivity contribution in [1.29, 1.82) is 0 Å². The van der Waals surface area contributed by atoms with Crippen molar-refractivity contribution in [3.63, 3.8) is 0 Å². The van der Waals surface area contributed by atoms with Crippen LogP contribution in [-0.2, 0) is 11.3 Å². The van der Waals surface area contributed by atoms with Crippen molar-refractivity contribution in [2.75, 3.05) is 0 Å². The molecule has 0 amide bonds. The molecule has 2 aromatic carbocycles. The summed E-state index contributed by atoms with van der Waals surface area (Å²) >= 11 is 0.935. The number of rotatable bonds is 3. The smallest absolute Gasteiger partial charge is 0.310 e. The van der Waals surface area contributed by atoms with Crippen LogP contribution in [0.25, 0.3) is 17.7 Å². The van der Waals surface area contributed by atoms with E-state index >= 15 is 0 Å². The molecule has 128 valence electrons. The van der Waals surface area contributed by atoms with Gasteiger partial charge >= 0.3 is 4.87 Å². The van der Waals surface area contributed by atoms with E-state index < -0.39 is 0 Å². The van der Waals surface area contributed by atoms with Crippen molar-refractivity contribution in [3.05, 3.63) is 91.9 Å². The second-order valence-corrected chi connectivity index (χ2v) is 6.96. The first kappa shape index (κ1) is 16.3. The molecule has 0 saturated carbocycles. The minimum atomic E-state index is -0.259. The van der Waals surface area contributed by atoms with Gasteiger partial charge in [-0.2, -0.15) is 0 Å². The summed E-state index contributed by atoms with van der Waals surface area (Å²) in [7, 11) is 0. The maximum Gasteiger partial charge on any atom is 0.310 e. The first-order valence-electron chi connectivity index (χ1n) is 8.13. The van der Waals surface area contributed by atoms with E-state index in [4.69, 9.17) is 0 Å². The molecule has 0 fully saturated rings. The Morgan fingerprint density at radius 3 is 2.50 bits per heavy atom. The van der Waals surface area contributed by atoms with E-state index in [1.165, 1.54) is 10.6 Å². The Morgan fingerprint density at radius 2 is 1.69 bits per heavy atom. The van der Waals surface area contributed by atoms with Gasteiger partial charge < -0.3 is 5.11 Å². The predicted molar refractivity (Wildman–Crippen MR) is 104 cm³/mol. The summed E-state index contributed by atoms with van der Waals surface area (Å²) < 4.78 is 1.32. The molecule has 0 aliphatic heterocycles. The average Bonchev–Trinajstić information content (AvgIpc) is 2.92. The zero-order chi connectivity index (χ0) is 18.1. The van der Waals surface area contributed by atoms with Crippen LogP contribution in [0.5, 0.6) is 5.88 Å². The molecular weight excluding hydrogens is 346 g/mol. The molecule has 4 rings (SSSR count). The summed E-state index contributed by atoms with van der Waals surface area (Å²) in [5.41, 5.74) is 3.14. The van der Waals surface area contributed by atoms with Gasteiger partial charge in [-0.1, -0.05) is 72.0 Å². The van der Waals surface area contributed by atoms with E-state index in [1.54, 1.807) is 12.2 Å². The van der Waals surface area contributed by atoms with E-state index in [9.17, 15) is 14.7 Å². The minimum Gasteiger partial charge on any atom is -0.493 e. The Bertz CT molecular complexity index is 1100. The molecular formula is C21H15NO3S. The van der Waals surface area contributed by atoms with Gasteiger partial charge in [-0.15, -0.1) is 0 Å². The highest BCUT2D eigenvalue weighted by atomic mass is 32.1. The molecule has 4 nitrogen and oxygen atoms in total. The maximum atomic E-state index is 12.3. The summed E-state index contributed by atoms with van der Waals surface area (Å²) in [4.78, 5) is 24.8. The molecule has 1 aromatic heterocycles. The summed E-state index contributed by atoms with van der Waals surface area (Å²) in [6.07, 6.45) is 4.89. The van der Waals surface area contributed by atoms with Crippen LogP contribution < -0.4 is 4.87 Å². The third-order valence-corrected chi connectivity index (χ3v) is 5.20. The van der Waals surface area contributed by atoms with Crippen LogP contribution in [0.15, 0.2) is 65.5 Å². The highest BCUT2D eigenvalue weighted by molar-refractivity contribution is 7.10. The molecule has 0 atom stereocenters. The van der Waals surface area contributed by atoms with Crippen LogP contribution in [0.3, 0.4) is 0 Å². The number of hydrogen-bond acceptors (Lipinski definition) is 4. The molecule has 0 unspecified atom stereocenters. The summed E-state index contributed by atoms with van der Waals surface area (Å²) in [5.74, 6) is -0.255. The largest absolute Gasteiger partial charge is 0.493 e. The standard InChI is InChI=1S/C21H15NO3S/c23-18-11-10-15-8-4-5-9-16(15)17(18)12-19-20(24)22(21(25)26-19)13-14-6-2-1-3-7-14/h1-12,24H,13H2/b17-12-. The molecule has 0 radical (unpaired) electrons. The molecule has 0 bridgehead atoms. The van der Waals surface area contributed by atoms with Crippen LogP contribution in [0, 0.1) is 0 Å². The van der Waals surface area contributed by atoms with Crippen LogP contribution in [0.1, 0.15) is 21.6 Å². The molecule has 3 aromatic rings. The number of thiazole rings is 1. The van der Waals surface area contributed by atoms with Crippen molar-refractivity contribution >= 4 is 34.8 Å². The zero-order valence-electron chi connectivity index (χ0n) is 13.8. The first-order valence-corrected chi connectivity index (χ1v) is 8.95. The number of fused-ring (bicyclic) bond motifs is 1. The Kier molecular flexibility index (Phi) is 4.14. The van der Waals surface area contributed by atoms with Gasteiger partial charge in [0.15, 0.2) is 5.78 Å². The summed E-state index contributed by atoms with van der Waals surface area (Å²) in [6, 6.07) is 17.0. The minimum absolute atomic E-state index is 0.115. The van der Waals surface area contributed by atoms with Gasteiger partial charge in [0.25, 0.3) is 0 Å². The fraction of sp³-hybridized carbons (Fsp3) is 0.0476. The van der Waals surface area contributed by atoms with E-state index in [1.807, 2.05) is 54.6 Å². The summed E-state index contributed by atoms with van der Waals surface area (Å²) in [6.45, 7) is 0.287. The lowest BCUT2D eigenvalue weighted by molar-refractivity contribution is -0.109. The van der Waals surface area contributed by atoms with Crippen molar-refractivity contribution in [2.24, 2.45) is 0 Å². The van der Waals surface area contributed by atoms with Crippen molar-refractivity contribution in [3.8, 4) is 5.88 Å². The average molecular weight is 361 g/mol. The van der Waals surface area contributed by atoms with Crippen molar-refractivity contribution in [2.45, 2.75) is 6.54 Å². The second kappa shape index (κ2) is 6.61. The lowest BCUT2D eigenvalue weighted by Crippen LogP contribution is -2.13. The highest BCUT2D eigenvalue weighted by Crippen LogP contribution is 2.31. The number of hydrogen-bond donors (Lipinski definition) is 1. The topological polar surface area (TPSA) is 59.3 Å². The Hall–Kier alpha value is -3.18. The van der Waals surface area contributed by atoms with Gasteiger partial charge in [0.2, 0.25) is 5.88 Å². The second-order valence-electron chi connectivity index (χ2n) is 5.97. The molecule has 1 heterocycles. The molecule has 0 spiro atoms. The molecule has 0 saturated heterocycles. The highest BCUT2D eigenvalue weighted by Gasteiger charge is 2.19. The van der Waals surface area contributed by atoms with E-state index in [0.717, 1.165) is 28.0 Å². The number of allylic oxidation sites excluding steroid dienone is 2. The predicted octanol–water partition coefficient (Wildman–Crippen LogP) is 3.80. The first-order chi connectivity index (χ1) is 12.6. The Balaban J connectivity index is 1.77. The van der Waals surface area contributed by atoms with Gasteiger partial charge in [0.05, 0.1) is 11.4 Å².